The number of benzene rings is 2. The van der Waals surface area contributed by atoms with E-state index in [0.29, 0.717) is 6.04 Å². The van der Waals surface area contributed by atoms with Crippen LogP contribution >= 0.6 is 0 Å². The van der Waals surface area contributed by atoms with Crippen molar-refractivity contribution in [2.45, 2.75) is 19.4 Å². The zero-order valence-corrected chi connectivity index (χ0v) is 15.2. The summed E-state index contributed by atoms with van der Waals surface area (Å²) in [7, 11) is 0. The molecule has 0 aliphatic carbocycles. The highest BCUT2D eigenvalue weighted by molar-refractivity contribution is 5.66. The Hall–Kier alpha value is -2.71. The second-order valence-electron chi connectivity index (χ2n) is 6.89. The van der Waals surface area contributed by atoms with Crippen molar-refractivity contribution in [2.24, 2.45) is 0 Å². The Morgan fingerprint density at radius 1 is 0.846 bits per heavy atom. The summed E-state index contributed by atoms with van der Waals surface area (Å²) in [5.74, 6) is 0. The standard InChI is InChI=1S/C24H24N2/c1-19(23-16-24(18-25-17-23)21-10-6-3-7-11-21)26-14-12-22(13-15-26)20-8-4-2-5-9-20/h2-12,16-19H,13-15H2,1H3. The van der Waals surface area contributed by atoms with Gasteiger partial charge in [0.2, 0.25) is 0 Å². The molecule has 0 bridgehead atoms. The van der Waals surface area contributed by atoms with Gasteiger partial charge in [0.25, 0.3) is 0 Å². The fraction of sp³-hybridized carbons (Fsp3) is 0.208. The van der Waals surface area contributed by atoms with Crippen LogP contribution in [0.2, 0.25) is 0 Å². The van der Waals surface area contributed by atoms with Gasteiger partial charge in [-0.15, -0.1) is 0 Å². The molecule has 3 aromatic rings. The molecule has 0 fully saturated rings. The van der Waals surface area contributed by atoms with Crippen LogP contribution in [-0.4, -0.2) is 23.0 Å². The molecule has 1 aliphatic rings. The SMILES string of the molecule is CC(c1cncc(-c2ccccc2)c1)N1CC=C(c2ccccc2)CC1. The average molecular weight is 340 g/mol. The molecule has 1 aliphatic heterocycles. The third-order valence-corrected chi connectivity index (χ3v) is 5.28. The van der Waals surface area contributed by atoms with E-state index in [2.05, 4.69) is 83.5 Å². The van der Waals surface area contributed by atoms with E-state index in [-0.39, 0.29) is 0 Å². The molecule has 1 atom stereocenters. The molecule has 0 saturated carbocycles. The van der Waals surface area contributed by atoms with Crippen LogP contribution in [0.15, 0.2) is 85.2 Å². The molecule has 0 saturated heterocycles. The molecule has 1 aromatic heterocycles. The fourth-order valence-corrected chi connectivity index (χ4v) is 3.64. The number of rotatable bonds is 4. The van der Waals surface area contributed by atoms with Gasteiger partial charge in [-0.3, -0.25) is 9.88 Å². The molecule has 1 unspecified atom stereocenters. The van der Waals surface area contributed by atoms with Crippen LogP contribution in [-0.2, 0) is 0 Å². The Morgan fingerprint density at radius 3 is 2.19 bits per heavy atom. The summed E-state index contributed by atoms with van der Waals surface area (Å²) in [6.07, 6.45) is 7.44. The summed E-state index contributed by atoms with van der Waals surface area (Å²) >= 11 is 0. The first kappa shape index (κ1) is 16.7. The zero-order chi connectivity index (χ0) is 17.8. The van der Waals surface area contributed by atoms with E-state index in [4.69, 9.17) is 0 Å². The quantitative estimate of drug-likeness (QED) is 0.614. The molecular formula is C24H24N2. The van der Waals surface area contributed by atoms with Crippen molar-refractivity contribution < 1.29 is 0 Å². The number of hydrogen-bond acceptors (Lipinski definition) is 2. The van der Waals surface area contributed by atoms with Crippen LogP contribution in [0.1, 0.15) is 30.5 Å². The average Bonchev–Trinajstić information content (AvgIpc) is 2.75. The zero-order valence-electron chi connectivity index (χ0n) is 15.2. The normalized spacial score (nSPS) is 16.1. The molecule has 130 valence electrons. The van der Waals surface area contributed by atoms with Gasteiger partial charge < -0.3 is 0 Å². The fourth-order valence-electron chi connectivity index (χ4n) is 3.64. The summed E-state index contributed by atoms with van der Waals surface area (Å²) in [6, 6.07) is 23.8. The van der Waals surface area contributed by atoms with E-state index < -0.39 is 0 Å². The van der Waals surface area contributed by atoms with Gasteiger partial charge in [0.1, 0.15) is 0 Å². The summed E-state index contributed by atoms with van der Waals surface area (Å²) in [4.78, 5) is 7.02. The topological polar surface area (TPSA) is 16.1 Å². The van der Waals surface area contributed by atoms with Crippen molar-refractivity contribution in [3.05, 3.63) is 96.3 Å². The molecule has 2 heterocycles. The van der Waals surface area contributed by atoms with Crippen LogP contribution in [0.5, 0.6) is 0 Å². The third-order valence-electron chi connectivity index (χ3n) is 5.28. The lowest BCUT2D eigenvalue weighted by Crippen LogP contribution is -2.31. The minimum atomic E-state index is 0.361. The number of pyridine rings is 1. The van der Waals surface area contributed by atoms with Gasteiger partial charge in [-0.1, -0.05) is 66.7 Å². The van der Waals surface area contributed by atoms with Crippen molar-refractivity contribution in [3.63, 3.8) is 0 Å². The Balaban J connectivity index is 1.50. The van der Waals surface area contributed by atoms with Gasteiger partial charge in [-0.05, 0) is 41.7 Å². The lowest BCUT2D eigenvalue weighted by atomic mass is 9.97. The van der Waals surface area contributed by atoms with Crippen molar-refractivity contribution in [2.75, 3.05) is 13.1 Å². The monoisotopic (exact) mass is 340 g/mol. The second kappa shape index (κ2) is 7.67. The van der Waals surface area contributed by atoms with E-state index in [1.807, 2.05) is 18.5 Å². The van der Waals surface area contributed by atoms with Crippen molar-refractivity contribution in [1.82, 2.24) is 9.88 Å². The Kier molecular flexibility index (Phi) is 4.94. The maximum atomic E-state index is 4.50. The molecule has 0 spiro atoms. The van der Waals surface area contributed by atoms with Crippen LogP contribution < -0.4 is 0 Å². The van der Waals surface area contributed by atoms with Crippen molar-refractivity contribution in [3.8, 4) is 11.1 Å². The highest BCUT2D eigenvalue weighted by Gasteiger charge is 2.19. The molecule has 2 aromatic carbocycles. The summed E-state index contributed by atoms with van der Waals surface area (Å²) < 4.78 is 0. The van der Waals surface area contributed by atoms with E-state index in [1.54, 1.807) is 0 Å². The van der Waals surface area contributed by atoms with E-state index >= 15 is 0 Å². The first-order chi connectivity index (χ1) is 12.8. The number of nitrogens with zero attached hydrogens (tertiary/aromatic N) is 2. The molecule has 0 amide bonds. The lowest BCUT2D eigenvalue weighted by molar-refractivity contribution is 0.233. The molecule has 2 nitrogen and oxygen atoms in total. The van der Waals surface area contributed by atoms with Gasteiger partial charge in [0.05, 0.1) is 0 Å². The highest BCUT2D eigenvalue weighted by atomic mass is 15.1. The van der Waals surface area contributed by atoms with Crippen LogP contribution in [0.4, 0.5) is 0 Å². The molecule has 4 rings (SSSR count). The number of hydrogen-bond donors (Lipinski definition) is 0. The second-order valence-corrected chi connectivity index (χ2v) is 6.89. The van der Waals surface area contributed by atoms with E-state index in [1.165, 1.54) is 27.8 Å². The van der Waals surface area contributed by atoms with Gasteiger partial charge in [0, 0.05) is 37.1 Å². The van der Waals surface area contributed by atoms with Crippen molar-refractivity contribution in [1.29, 1.82) is 0 Å². The number of aromatic nitrogens is 1. The van der Waals surface area contributed by atoms with Gasteiger partial charge >= 0.3 is 0 Å². The third kappa shape index (κ3) is 3.61. The van der Waals surface area contributed by atoms with E-state index in [0.717, 1.165) is 19.5 Å². The molecule has 0 N–H and O–H groups in total. The Morgan fingerprint density at radius 2 is 1.54 bits per heavy atom. The minimum absolute atomic E-state index is 0.361. The molecule has 0 radical (unpaired) electrons. The maximum Gasteiger partial charge on any atom is 0.0346 e. The molecule has 2 heteroatoms. The van der Waals surface area contributed by atoms with Crippen LogP contribution in [0, 0.1) is 0 Å². The van der Waals surface area contributed by atoms with E-state index in [9.17, 15) is 0 Å². The highest BCUT2D eigenvalue weighted by Crippen LogP contribution is 2.29. The van der Waals surface area contributed by atoms with Gasteiger partial charge in [-0.2, -0.15) is 0 Å². The predicted molar refractivity (Wildman–Crippen MR) is 109 cm³/mol. The van der Waals surface area contributed by atoms with Gasteiger partial charge in [-0.25, -0.2) is 0 Å². The largest absolute Gasteiger partial charge is 0.293 e. The minimum Gasteiger partial charge on any atom is -0.293 e. The smallest absolute Gasteiger partial charge is 0.0346 e. The lowest BCUT2D eigenvalue weighted by Gasteiger charge is -2.32. The first-order valence-electron chi connectivity index (χ1n) is 9.30. The Bertz CT molecular complexity index is 884. The molecule has 26 heavy (non-hydrogen) atoms. The van der Waals surface area contributed by atoms with Crippen LogP contribution in [0.25, 0.3) is 16.7 Å². The summed E-state index contributed by atoms with van der Waals surface area (Å²) in [6.45, 7) is 4.35. The van der Waals surface area contributed by atoms with Gasteiger partial charge in [0.15, 0.2) is 0 Å². The summed E-state index contributed by atoms with van der Waals surface area (Å²) in [5.41, 5.74) is 6.51. The first-order valence-corrected chi connectivity index (χ1v) is 9.30. The van der Waals surface area contributed by atoms with Crippen LogP contribution in [0.3, 0.4) is 0 Å². The Labute approximate surface area is 155 Å². The predicted octanol–water partition coefficient (Wildman–Crippen LogP) is 5.60. The molecular weight excluding hydrogens is 316 g/mol. The maximum absolute atomic E-state index is 4.50. The summed E-state index contributed by atoms with van der Waals surface area (Å²) in [5, 5.41) is 0. The van der Waals surface area contributed by atoms with Crippen molar-refractivity contribution >= 4 is 5.57 Å².